The second kappa shape index (κ2) is 9.10. The van der Waals surface area contributed by atoms with Gasteiger partial charge in [-0.2, -0.15) is 0 Å². The molecule has 0 fully saturated rings. The Hall–Kier alpha value is -2.01. The molecule has 0 radical (unpaired) electrons. The zero-order chi connectivity index (χ0) is 15.6. The lowest BCUT2D eigenvalue weighted by Crippen LogP contribution is -2.37. The number of thioether (sulfide) groups is 1. The number of carbonyl (C=O) groups is 1. The maximum Gasteiger partial charge on any atom is 0.314 e. The summed E-state index contributed by atoms with van der Waals surface area (Å²) < 4.78 is 13.4. The Morgan fingerprint density at radius 3 is 2.41 bits per heavy atom. The molecule has 116 valence electrons. The van der Waals surface area contributed by atoms with E-state index in [1.54, 1.807) is 30.0 Å². The zero-order valence-electron chi connectivity index (χ0n) is 12.2. The van der Waals surface area contributed by atoms with Crippen LogP contribution in [0.2, 0.25) is 0 Å². The molecular formula is C17H19FN2OS. The van der Waals surface area contributed by atoms with Gasteiger partial charge in [-0.15, -0.1) is 11.8 Å². The maximum atomic E-state index is 13.4. The number of carbonyl (C=O) groups excluding carboxylic acids is 1. The van der Waals surface area contributed by atoms with Gasteiger partial charge in [-0.05, 0) is 30.2 Å². The summed E-state index contributed by atoms with van der Waals surface area (Å²) in [5.74, 6) is 0.578. The van der Waals surface area contributed by atoms with Gasteiger partial charge in [-0.3, -0.25) is 0 Å². The van der Waals surface area contributed by atoms with Crippen molar-refractivity contribution in [2.45, 2.75) is 11.3 Å². The Morgan fingerprint density at radius 1 is 0.955 bits per heavy atom. The van der Waals surface area contributed by atoms with E-state index in [4.69, 9.17) is 0 Å². The van der Waals surface area contributed by atoms with Gasteiger partial charge in [0.2, 0.25) is 0 Å². The number of halogens is 1. The first-order chi connectivity index (χ1) is 10.8. The molecule has 22 heavy (non-hydrogen) atoms. The zero-order valence-corrected chi connectivity index (χ0v) is 13.0. The van der Waals surface area contributed by atoms with Crippen LogP contribution < -0.4 is 10.6 Å². The quantitative estimate of drug-likeness (QED) is 0.606. The van der Waals surface area contributed by atoms with E-state index in [1.807, 2.05) is 30.3 Å². The molecular weight excluding hydrogens is 299 g/mol. The molecule has 0 heterocycles. The molecule has 5 heteroatoms. The van der Waals surface area contributed by atoms with E-state index >= 15 is 0 Å². The van der Waals surface area contributed by atoms with Crippen LogP contribution >= 0.6 is 11.8 Å². The van der Waals surface area contributed by atoms with Gasteiger partial charge in [0, 0.05) is 23.7 Å². The summed E-state index contributed by atoms with van der Waals surface area (Å²) in [7, 11) is 0. The predicted octanol–water partition coefficient (Wildman–Crippen LogP) is 3.46. The number of urea groups is 1. The van der Waals surface area contributed by atoms with Crippen LogP contribution in [0, 0.1) is 5.82 Å². The van der Waals surface area contributed by atoms with Gasteiger partial charge in [0.1, 0.15) is 5.82 Å². The van der Waals surface area contributed by atoms with Crippen molar-refractivity contribution >= 4 is 17.8 Å². The maximum absolute atomic E-state index is 13.4. The number of rotatable bonds is 7. The van der Waals surface area contributed by atoms with Crippen molar-refractivity contribution in [3.05, 3.63) is 66.0 Å². The molecule has 3 nitrogen and oxygen atoms in total. The fraction of sp³-hybridized carbons (Fsp3) is 0.235. The van der Waals surface area contributed by atoms with Gasteiger partial charge >= 0.3 is 6.03 Å². The Labute approximate surface area is 134 Å². The van der Waals surface area contributed by atoms with E-state index in [0.717, 1.165) is 5.75 Å². The monoisotopic (exact) mass is 318 g/mol. The molecule has 0 unspecified atom stereocenters. The molecule has 0 saturated heterocycles. The largest absolute Gasteiger partial charge is 0.338 e. The third kappa shape index (κ3) is 5.77. The summed E-state index contributed by atoms with van der Waals surface area (Å²) in [4.78, 5) is 12.8. The highest BCUT2D eigenvalue weighted by Gasteiger charge is 2.02. The molecule has 0 atom stereocenters. The summed E-state index contributed by atoms with van der Waals surface area (Å²) in [6.45, 7) is 1.00. The minimum absolute atomic E-state index is 0.218. The lowest BCUT2D eigenvalue weighted by Gasteiger charge is -2.08. The average Bonchev–Trinajstić information content (AvgIpc) is 2.54. The van der Waals surface area contributed by atoms with Crippen molar-refractivity contribution < 1.29 is 9.18 Å². The summed E-state index contributed by atoms with van der Waals surface area (Å²) in [6, 6.07) is 16.4. The van der Waals surface area contributed by atoms with Crippen LogP contribution in [-0.2, 0) is 6.42 Å². The van der Waals surface area contributed by atoms with Crippen molar-refractivity contribution in [2.24, 2.45) is 0 Å². The molecule has 0 saturated carbocycles. The van der Waals surface area contributed by atoms with E-state index in [-0.39, 0.29) is 11.8 Å². The predicted molar refractivity (Wildman–Crippen MR) is 88.7 cm³/mol. The second-order valence-electron chi connectivity index (χ2n) is 4.69. The minimum Gasteiger partial charge on any atom is -0.338 e. The molecule has 0 bridgehead atoms. The van der Waals surface area contributed by atoms with E-state index < -0.39 is 0 Å². The van der Waals surface area contributed by atoms with Crippen molar-refractivity contribution in [1.29, 1.82) is 0 Å². The second-order valence-corrected chi connectivity index (χ2v) is 5.85. The van der Waals surface area contributed by atoms with Crippen LogP contribution in [0.1, 0.15) is 5.56 Å². The van der Waals surface area contributed by atoms with Gasteiger partial charge < -0.3 is 10.6 Å². The van der Waals surface area contributed by atoms with Crippen LogP contribution in [0.5, 0.6) is 0 Å². The normalized spacial score (nSPS) is 10.2. The van der Waals surface area contributed by atoms with Crippen LogP contribution in [0.4, 0.5) is 9.18 Å². The fourth-order valence-electron chi connectivity index (χ4n) is 1.92. The van der Waals surface area contributed by atoms with E-state index in [1.165, 1.54) is 11.0 Å². The molecule has 0 spiro atoms. The summed E-state index contributed by atoms with van der Waals surface area (Å²) >= 11 is 1.69. The Balaban J connectivity index is 1.57. The van der Waals surface area contributed by atoms with Gasteiger partial charge in [0.05, 0.1) is 0 Å². The molecule has 2 N–H and O–H groups in total. The molecule has 0 aliphatic carbocycles. The lowest BCUT2D eigenvalue weighted by molar-refractivity contribution is 0.241. The number of amides is 2. The number of benzene rings is 2. The molecule has 2 aromatic rings. The smallest absolute Gasteiger partial charge is 0.314 e. The number of hydrogen-bond donors (Lipinski definition) is 2. The van der Waals surface area contributed by atoms with Gasteiger partial charge in [0.25, 0.3) is 0 Å². The van der Waals surface area contributed by atoms with Crippen LogP contribution in [0.15, 0.2) is 59.5 Å². The van der Waals surface area contributed by atoms with Crippen LogP contribution in [-0.4, -0.2) is 24.9 Å². The van der Waals surface area contributed by atoms with Crippen LogP contribution in [0.25, 0.3) is 0 Å². The van der Waals surface area contributed by atoms with Gasteiger partial charge in [0.15, 0.2) is 0 Å². The highest BCUT2D eigenvalue weighted by molar-refractivity contribution is 7.99. The van der Waals surface area contributed by atoms with E-state index in [2.05, 4.69) is 10.6 Å². The van der Waals surface area contributed by atoms with Crippen molar-refractivity contribution in [3.63, 3.8) is 0 Å². The molecule has 0 aliphatic rings. The Bertz CT molecular complexity index is 592. The topological polar surface area (TPSA) is 41.1 Å². The SMILES string of the molecule is O=C(NCCSc1ccccc1)NCCc1ccccc1F. The van der Waals surface area contributed by atoms with Gasteiger partial charge in [-0.25, -0.2) is 9.18 Å². The van der Waals surface area contributed by atoms with E-state index in [9.17, 15) is 9.18 Å². The lowest BCUT2D eigenvalue weighted by atomic mass is 10.1. The summed E-state index contributed by atoms with van der Waals surface area (Å²) in [5.41, 5.74) is 0.613. The minimum atomic E-state index is -0.232. The molecule has 0 aliphatic heterocycles. The number of nitrogens with one attached hydrogen (secondary N) is 2. The summed E-state index contributed by atoms with van der Waals surface area (Å²) in [6.07, 6.45) is 0.485. The highest BCUT2D eigenvalue weighted by atomic mass is 32.2. The number of hydrogen-bond acceptors (Lipinski definition) is 2. The van der Waals surface area contributed by atoms with Gasteiger partial charge in [-0.1, -0.05) is 36.4 Å². The molecule has 2 rings (SSSR count). The molecule has 2 amide bonds. The fourth-order valence-corrected chi connectivity index (χ4v) is 2.71. The van der Waals surface area contributed by atoms with E-state index in [0.29, 0.717) is 25.1 Å². The first-order valence-electron chi connectivity index (χ1n) is 7.18. The van der Waals surface area contributed by atoms with Crippen molar-refractivity contribution in [1.82, 2.24) is 10.6 Å². The third-order valence-electron chi connectivity index (χ3n) is 3.04. The van der Waals surface area contributed by atoms with Crippen LogP contribution in [0.3, 0.4) is 0 Å². The Morgan fingerprint density at radius 2 is 1.64 bits per heavy atom. The first kappa shape index (κ1) is 16.4. The standard InChI is InChI=1S/C17H19FN2OS/c18-16-9-5-4-6-14(16)10-11-19-17(21)20-12-13-22-15-7-2-1-3-8-15/h1-9H,10-13H2,(H2,19,20,21). The van der Waals surface area contributed by atoms with Crippen molar-refractivity contribution in [2.75, 3.05) is 18.8 Å². The first-order valence-corrected chi connectivity index (χ1v) is 8.17. The Kier molecular flexibility index (Phi) is 6.77. The molecule has 2 aromatic carbocycles. The third-order valence-corrected chi connectivity index (χ3v) is 4.05. The average molecular weight is 318 g/mol. The highest BCUT2D eigenvalue weighted by Crippen LogP contribution is 2.15. The molecule has 0 aromatic heterocycles. The van der Waals surface area contributed by atoms with Crippen molar-refractivity contribution in [3.8, 4) is 0 Å². The summed E-state index contributed by atoms with van der Waals surface area (Å²) in [5, 5.41) is 5.52.